The Hall–Kier alpha value is -2.33. The summed E-state index contributed by atoms with van der Waals surface area (Å²) in [6, 6.07) is 3.44. The smallest absolute Gasteiger partial charge is 0.262 e. The van der Waals surface area contributed by atoms with Crippen molar-refractivity contribution in [3.05, 3.63) is 46.0 Å². The third-order valence-corrected chi connectivity index (χ3v) is 5.83. The molecule has 1 aliphatic heterocycles. The van der Waals surface area contributed by atoms with E-state index >= 15 is 0 Å². The van der Waals surface area contributed by atoms with Crippen LogP contribution in [0, 0.1) is 17.0 Å². The van der Waals surface area contributed by atoms with Gasteiger partial charge < -0.3 is 0 Å². The quantitative estimate of drug-likeness (QED) is 0.667. The van der Waals surface area contributed by atoms with Crippen molar-refractivity contribution in [1.29, 1.82) is 0 Å². The lowest BCUT2D eigenvalue weighted by Gasteiger charge is -2.22. The third-order valence-electron chi connectivity index (χ3n) is 3.92. The van der Waals surface area contributed by atoms with Gasteiger partial charge in [0.05, 0.1) is 15.9 Å². The standard InChI is InChI=1S/C13H15N5O4S/c1-9-7-10(4-5-11(9)18(19)20)23(21,22)17-6-2-3-12(17)13-14-8-15-16-13/h4-5,7-8,12H,2-3,6H2,1H3,(H,14,15,16)/t12-/m1/s1. The molecule has 1 aromatic heterocycles. The second-order valence-corrected chi connectivity index (χ2v) is 7.24. The van der Waals surface area contributed by atoms with E-state index in [9.17, 15) is 18.5 Å². The summed E-state index contributed by atoms with van der Waals surface area (Å²) in [5, 5.41) is 17.4. The highest BCUT2D eigenvalue weighted by atomic mass is 32.2. The van der Waals surface area contributed by atoms with Crippen LogP contribution in [0.4, 0.5) is 5.69 Å². The molecule has 0 saturated carbocycles. The van der Waals surface area contributed by atoms with Gasteiger partial charge in [-0.25, -0.2) is 13.4 Å². The number of aryl methyl sites for hydroxylation is 1. The zero-order chi connectivity index (χ0) is 16.6. The summed E-state index contributed by atoms with van der Waals surface area (Å²) in [6.45, 7) is 1.90. The van der Waals surface area contributed by atoms with Crippen molar-refractivity contribution < 1.29 is 13.3 Å². The van der Waals surface area contributed by atoms with Crippen LogP contribution in [-0.2, 0) is 10.0 Å². The van der Waals surface area contributed by atoms with E-state index < -0.39 is 21.0 Å². The second kappa shape index (κ2) is 5.70. The first kappa shape index (κ1) is 15.6. The van der Waals surface area contributed by atoms with Crippen molar-refractivity contribution in [2.45, 2.75) is 30.7 Å². The lowest BCUT2D eigenvalue weighted by Crippen LogP contribution is -2.31. The molecule has 0 radical (unpaired) electrons. The monoisotopic (exact) mass is 337 g/mol. The van der Waals surface area contributed by atoms with E-state index in [4.69, 9.17) is 0 Å². The average molecular weight is 337 g/mol. The Morgan fingerprint density at radius 2 is 2.22 bits per heavy atom. The number of hydrogen-bond acceptors (Lipinski definition) is 6. The Morgan fingerprint density at radius 3 is 2.83 bits per heavy atom. The zero-order valence-corrected chi connectivity index (χ0v) is 13.2. The summed E-state index contributed by atoms with van der Waals surface area (Å²) in [4.78, 5) is 14.4. The predicted octanol–water partition coefficient (Wildman–Crippen LogP) is 1.55. The van der Waals surface area contributed by atoms with Gasteiger partial charge in [-0.05, 0) is 31.9 Å². The van der Waals surface area contributed by atoms with Gasteiger partial charge in [0.1, 0.15) is 12.2 Å². The van der Waals surface area contributed by atoms with Gasteiger partial charge in [-0.2, -0.15) is 9.40 Å². The van der Waals surface area contributed by atoms with Crippen LogP contribution in [-0.4, -0.2) is 39.4 Å². The first-order valence-electron chi connectivity index (χ1n) is 7.03. The van der Waals surface area contributed by atoms with Crippen molar-refractivity contribution in [2.75, 3.05) is 6.54 Å². The van der Waals surface area contributed by atoms with Crippen molar-refractivity contribution >= 4 is 15.7 Å². The number of aromatic nitrogens is 3. The number of nitrogens with zero attached hydrogens (tertiary/aromatic N) is 4. The average Bonchev–Trinajstić information content (AvgIpc) is 3.17. The fourth-order valence-electron chi connectivity index (χ4n) is 2.81. The molecule has 1 saturated heterocycles. The minimum absolute atomic E-state index is 0.0482. The minimum Gasteiger partial charge on any atom is -0.262 e. The fraction of sp³-hybridized carbons (Fsp3) is 0.385. The Kier molecular flexibility index (Phi) is 3.86. The maximum atomic E-state index is 12.9. The topological polar surface area (TPSA) is 122 Å². The number of nitrogens with one attached hydrogen (secondary N) is 1. The summed E-state index contributed by atoms with van der Waals surface area (Å²) >= 11 is 0. The largest absolute Gasteiger partial charge is 0.272 e. The van der Waals surface area contributed by atoms with E-state index in [-0.39, 0.29) is 10.6 Å². The Morgan fingerprint density at radius 1 is 1.43 bits per heavy atom. The van der Waals surface area contributed by atoms with E-state index in [1.54, 1.807) is 0 Å². The van der Waals surface area contributed by atoms with Gasteiger partial charge in [0.15, 0.2) is 0 Å². The molecule has 2 heterocycles. The molecule has 3 rings (SSSR count). The Bertz CT molecular complexity index is 834. The van der Waals surface area contributed by atoms with Crippen LogP contribution in [0.5, 0.6) is 0 Å². The first-order chi connectivity index (χ1) is 10.9. The SMILES string of the molecule is Cc1cc(S(=O)(=O)N2CCC[C@@H]2c2ncn[nH]2)ccc1[N+](=O)[O-]. The summed E-state index contributed by atoms with van der Waals surface area (Å²) < 4.78 is 27.1. The molecule has 1 atom stereocenters. The van der Waals surface area contributed by atoms with Gasteiger partial charge in [-0.15, -0.1) is 0 Å². The van der Waals surface area contributed by atoms with Gasteiger partial charge in [-0.1, -0.05) is 0 Å². The van der Waals surface area contributed by atoms with Crippen molar-refractivity contribution in [1.82, 2.24) is 19.5 Å². The Labute approximate surface area is 132 Å². The zero-order valence-electron chi connectivity index (χ0n) is 12.3. The van der Waals surface area contributed by atoms with Crippen LogP contribution in [0.1, 0.15) is 30.3 Å². The van der Waals surface area contributed by atoms with Crippen molar-refractivity contribution in [3.8, 4) is 0 Å². The number of hydrogen-bond donors (Lipinski definition) is 1. The molecule has 0 spiro atoms. The number of benzene rings is 1. The second-order valence-electron chi connectivity index (χ2n) is 5.35. The van der Waals surface area contributed by atoms with E-state index in [0.717, 1.165) is 6.42 Å². The Balaban J connectivity index is 1.98. The number of nitro groups is 1. The molecule has 0 unspecified atom stereocenters. The van der Waals surface area contributed by atoms with Crippen molar-refractivity contribution in [2.24, 2.45) is 0 Å². The molecule has 1 N–H and O–H groups in total. The summed E-state index contributed by atoms with van der Waals surface area (Å²) in [7, 11) is -3.76. The number of nitro benzene ring substituents is 1. The molecular formula is C13H15N5O4S. The normalized spacial score (nSPS) is 19.1. The number of aromatic amines is 1. The molecule has 0 bridgehead atoms. The van der Waals surface area contributed by atoms with Crippen LogP contribution >= 0.6 is 0 Å². The van der Waals surface area contributed by atoms with Crippen LogP contribution in [0.25, 0.3) is 0 Å². The maximum Gasteiger partial charge on any atom is 0.272 e. The van der Waals surface area contributed by atoms with Crippen LogP contribution in [0.15, 0.2) is 29.4 Å². The molecular weight excluding hydrogens is 322 g/mol. The van der Waals surface area contributed by atoms with Gasteiger partial charge in [0.2, 0.25) is 10.0 Å². The molecule has 1 aliphatic rings. The molecule has 122 valence electrons. The summed E-state index contributed by atoms with van der Waals surface area (Å²) in [5.74, 6) is 0.504. The number of rotatable bonds is 4. The first-order valence-corrected chi connectivity index (χ1v) is 8.47. The van der Waals surface area contributed by atoms with E-state index in [1.807, 2.05) is 0 Å². The lowest BCUT2D eigenvalue weighted by atomic mass is 10.2. The highest BCUT2D eigenvalue weighted by Gasteiger charge is 2.38. The highest BCUT2D eigenvalue weighted by molar-refractivity contribution is 7.89. The summed E-state index contributed by atoms with van der Waals surface area (Å²) in [6.07, 6.45) is 2.71. The third kappa shape index (κ3) is 2.70. The van der Waals surface area contributed by atoms with E-state index in [1.165, 1.54) is 35.8 Å². The molecule has 0 aliphatic carbocycles. The van der Waals surface area contributed by atoms with Crippen LogP contribution in [0.2, 0.25) is 0 Å². The van der Waals surface area contributed by atoms with Crippen molar-refractivity contribution in [3.63, 3.8) is 0 Å². The van der Waals surface area contributed by atoms with Gasteiger partial charge in [0, 0.05) is 18.2 Å². The number of sulfonamides is 1. The van der Waals surface area contributed by atoms with Gasteiger partial charge >= 0.3 is 0 Å². The lowest BCUT2D eigenvalue weighted by molar-refractivity contribution is -0.385. The molecule has 1 fully saturated rings. The fourth-order valence-corrected chi connectivity index (χ4v) is 4.55. The molecule has 23 heavy (non-hydrogen) atoms. The van der Waals surface area contributed by atoms with Gasteiger partial charge in [0.25, 0.3) is 5.69 Å². The van der Waals surface area contributed by atoms with Crippen LogP contribution < -0.4 is 0 Å². The highest BCUT2D eigenvalue weighted by Crippen LogP contribution is 2.35. The molecule has 2 aromatic rings. The molecule has 1 aromatic carbocycles. The maximum absolute atomic E-state index is 12.9. The molecule has 0 amide bonds. The molecule has 9 nitrogen and oxygen atoms in total. The van der Waals surface area contributed by atoms with Gasteiger partial charge in [-0.3, -0.25) is 15.2 Å². The molecule has 10 heteroatoms. The van der Waals surface area contributed by atoms with E-state index in [2.05, 4.69) is 15.2 Å². The minimum atomic E-state index is -3.76. The summed E-state index contributed by atoms with van der Waals surface area (Å²) in [5.41, 5.74) is 0.212. The predicted molar refractivity (Wildman–Crippen MR) is 80.1 cm³/mol. The van der Waals surface area contributed by atoms with Crippen LogP contribution in [0.3, 0.4) is 0 Å². The van der Waals surface area contributed by atoms with E-state index in [0.29, 0.717) is 24.4 Å². The number of H-pyrrole nitrogens is 1.